The number of hydrogen-bond acceptors (Lipinski definition) is 5. The van der Waals surface area contributed by atoms with Gasteiger partial charge in [-0.15, -0.1) is 10.2 Å². The molecule has 1 heterocycles. The number of hydrogen-bond donors (Lipinski definition) is 3. The van der Waals surface area contributed by atoms with Crippen LogP contribution in [0.15, 0.2) is 66.7 Å². The Morgan fingerprint density at radius 2 is 1.69 bits per heavy atom. The highest BCUT2D eigenvalue weighted by Crippen LogP contribution is 2.18. The minimum absolute atomic E-state index is 0.138. The van der Waals surface area contributed by atoms with E-state index in [2.05, 4.69) is 38.3 Å². The van der Waals surface area contributed by atoms with Crippen molar-refractivity contribution in [2.75, 3.05) is 17.2 Å². The zero-order chi connectivity index (χ0) is 20.5. The van der Waals surface area contributed by atoms with E-state index in [0.29, 0.717) is 18.1 Å². The molecule has 148 valence electrons. The maximum absolute atomic E-state index is 12.2. The summed E-state index contributed by atoms with van der Waals surface area (Å²) < 4.78 is 0. The number of aryl methyl sites for hydroxylation is 1. The lowest BCUT2D eigenvalue weighted by molar-refractivity contribution is -0.114. The molecule has 3 N–H and O–H groups in total. The molecule has 3 rings (SSSR count). The molecule has 0 atom stereocenters. The van der Waals surface area contributed by atoms with Gasteiger partial charge < -0.3 is 16.0 Å². The summed E-state index contributed by atoms with van der Waals surface area (Å²) in [5.41, 5.74) is 2.95. The molecule has 0 saturated heterocycles. The molecule has 7 heteroatoms. The minimum atomic E-state index is -0.246. The van der Waals surface area contributed by atoms with Crippen molar-refractivity contribution in [3.8, 4) is 0 Å². The number of benzene rings is 2. The lowest BCUT2D eigenvalue weighted by Crippen LogP contribution is -2.26. The highest BCUT2D eigenvalue weighted by molar-refractivity contribution is 5.92. The van der Waals surface area contributed by atoms with Crippen LogP contribution < -0.4 is 16.0 Å². The molecule has 2 aromatic carbocycles. The summed E-state index contributed by atoms with van der Waals surface area (Å²) in [5, 5.41) is 16.7. The van der Waals surface area contributed by atoms with Crippen LogP contribution in [-0.2, 0) is 11.2 Å². The first kappa shape index (κ1) is 20.0. The van der Waals surface area contributed by atoms with Crippen LogP contribution in [-0.4, -0.2) is 28.6 Å². The summed E-state index contributed by atoms with van der Waals surface area (Å²) in [6.07, 6.45) is 1.76. The Labute approximate surface area is 169 Å². The second-order valence-electron chi connectivity index (χ2n) is 6.54. The van der Waals surface area contributed by atoms with Crippen molar-refractivity contribution >= 4 is 29.0 Å². The fourth-order valence-electron chi connectivity index (χ4n) is 2.78. The third kappa shape index (κ3) is 6.42. The molecular formula is C22H23N5O2. The molecule has 0 saturated carbocycles. The van der Waals surface area contributed by atoms with Crippen LogP contribution in [0.2, 0.25) is 0 Å². The molecule has 29 heavy (non-hydrogen) atoms. The number of amides is 2. The first-order valence-corrected chi connectivity index (χ1v) is 9.41. The second kappa shape index (κ2) is 9.98. The van der Waals surface area contributed by atoms with Gasteiger partial charge in [0.1, 0.15) is 0 Å². The van der Waals surface area contributed by atoms with E-state index in [4.69, 9.17) is 0 Å². The van der Waals surface area contributed by atoms with E-state index >= 15 is 0 Å². The Morgan fingerprint density at radius 1 is 0.897 bits per heavy atom. The summed E-state index contributed by atoms with van der Waals surface area (Å²) in [6.45, 7) is 2.03. The molecule has 0 spiro atoms. The Hall–Kier alpha value is -3.74. The van der Waals surface area contributed by atoms with E-state index in [0.717, 1.165) is 18.5 Å². The van der Waals surface area contributed by atoms with E-state index in [1.807, 2.05) is 30.3 Å². The molecule has 0 radical (unpaired) electrons. The van der Waals surface area contributed by atoms with Gasteiger partial charge in [0.15, 0.2) is 11.5 Å². The minimum Gasteiger partial charge on any atom is -0.351 e. The summed E-state index contributed by atoms with van der Waals surface area (Å²) in [5.74, 6) is 0.122. The van der Waals surface area contributed by atoms with Gasteiger partial charge in [-0.05, 0) is 48.7 Å². The molecule has 0 bridgehead atoms. The van der Waals surface area contributed by atoms with E-state index in [-0.39, 0.29) is 17.5 Å². The molecule has 0 unspecified atom stereocenters. The Morgan fingerprint density at radius 3 is 2.41 bits per heavy atom. The Bertz CT molecular complexity index is 958. The number of nitrogens with one attached hydrogen (secondary N) is 3. The van der Waals surface area contributed by atoms with Gasteiger partial charge in [0, 0.05) is 24.8 Å². The Balaban J connectivity index is 1.49. The standard InChI is InChI=1S/C22H23N5O2/c1-16(28)24-18-10-5-11-19(15-18)25-21-13-12-20(26-27-21)22(29)23-14-6-9-17-7-3-2-4-8-17/h2-5,7-8,10-13,15H,6,9,14H2,1H3,(H,23,29)(H,24,28)(H,25,27). The maximum Gasteiger partial charge on any atom is 0.271 e. The highest BCUT2D eigenvalue weighted by atomic mass is 16.2. The molecule has 0 aliphatic rings. The summed E-state index contributed by atoms with van der Waals surface area (Å²) >= 11 is 0. The van der Waals surface area contributed by atoms with Crippen LogP contribution in [0.4, 0.5) is 17.2 Å². The molecular weight excluding hydrogens is 366 g/mol. The van der Waals surface area contributed by atoms with E-state index in [1.54, 1.807) is 24.3 Å². The number of nitrogens with zero attached hydrogens (tertiary/aromatic N) is 2. The van der Waals surface area contributed by atoms with Gasteiger partial charge in [0.05, 0.1) is 0 Å². The summed E-state index contributed by atoms with van der Waals surface area (Å²) in [6, 6.07) is 20.7. The average molecular weight is 389 g/mol. The average Bonchev–Trinajstić information content (AvgIpc) is 2.72. The number of aromatic nitrogens is 2. The van der Waals surface area contributed by atoms with Crippen molar-refractivity contribution in [3.05, 3.63) is 78.0 Å². The zero-order valence-corrected chi connectivity index (χ0v) is 16.2. The van der Waals surface area contributed by atoms with Crippen molar-refractivity contribution < 1.29 is 9.59 Å². The van der Waals surface area contributed by atoms with Gasteiger partial charge in [-0.3, -0.25) is 9.59 Å². The van der Waals surface area contributed by atoms with Crippen molar-refractivity contribution in [2.45, 2.75) is 19.8 Å². The quantitative estimate of drug-likeness (QED) is 0.512. The topological polar surface area (TPSA) is 96.0 Å². The fourth-order valence-corrected chi connectivity index (χ4v) is 2.78. The van der Waals surface area contributed by atoms with Crippen LogP contribution in [0.25, 0.3) is 0 Å². The molecule has 3 aromatic rings. The van der Waals surface area contributed by atoms with Crippen molar-refractivity contribution in [2.24, 2.45) is 0 Å². The second-order valence-corrected chi connectivity index (χ2v) is 6.54. The predicted octanol–water partition coefficient (Wildman–Crippen LogP) is 3.54. The SMILES string of the molecule is CC(=O)Nc1cccc(Nc2ccc(C(=O)NCCCc3ccccc3)nn2)c1. The van der Waals surface area contributed by atoms with E-state index < -0.39 is 0 Å². The zero-order valence-electron chi connectivity index (χ0n) is 16.2. The molecule has 0 aliphatic carbocycles. The predicted molar refractivity (Wildman–Crippen MR) is 113 cm³/mol. The van der Waals surface area contributed by atoms with Gasteiger partial charge in [0.2, 0.25) is 5.91 Å². The van der Waals surface area contributed by atoms with Crippen LogP contribution >= 0.6 is 0 Å². The summed E-state index contributed by atoms with van der Waals surface area (Å²) in [4.78, 5) is 23.4. The molecule has 7 nitrogen and oxygen atoms in total. The number of carbonyl (C=O) groups excluding carboxylic acids is 2. The van der Waals surface area contributed by atoms with Crippen LogP contribution in [0.5, 0.6) is 0 Å². The molecule has 0 fully saturated rings. The van der Waals surface area contributed by atoms with Crippen LogP contribution in [0.1, 0.15) is 29.4 Å². The van der Waals surface area contributed by atoms with Gasteiger partial charge in [-0.2, -0.15) is 0 Å². The smallest absolute Gasteiger partial charge is 0.271 e. The number of carbonyl (C=O) groups is 2. The third-order valence-electron chi connectivity index (χ3n) is 4.12. The normalized spacial score (nSPS) is 10.2. The van der Waals surface area contributed by atoms with Gasteiger partial charge in [0.25, 0.3) is 5.91 Å². The van der Waals surface area contributed by atoms with E-state index in [1.165, 1.54) is 12.5 Å². The summed E-state index contributed by atoms with van der Waals surface area (Å²) in [7, 11) is 0. The lowest BCUT2D eigenvalue weighted by Gasteiger charge is -2.08. The fraction of sp³-hybridized carbons (Fsp3) is 0.182. The Kier molecular flexibility index (Phi) is 6.89. The number of rotatable bonds is 8. The van der Waals surface area contributed by atoms with Crippen LogP contribution in [0.3, 0.4) is 0 Å². The largest absolute Gasteiger partial charge is 0.351 e. The first-order valence-electron chi connectivity index (χ1n) is 9.41. The van der Waals surface area contributed by atoms with Crippen LogP contribution in [0, 0.1) is 0 Å². The maximum atomic E-state index is 12.2. The molecule has 1 aromatic heterocycles. The number of anilines is 3. The molecule has 2 amide bonds. The lowest BCUT2D eigenvalue weighted by atomic mass is 10.1. The monoisotopic (exact) mass is 389 g/mol. The highest BCUT2D eigenvalue weighted by Gasteiger charge is 2.08. The molecule has 0 aliphatic heterocycles. The van der Waals surface area contributed by atoms with Gasteiger partial charge >= 0.3 is 0 Å². The van der Waals surface area contributed by atoms with Crippen molar-refractivity contribution in [3.63, 3.8) is 0 Å². The van der Waals surface area contributed by atoms with Crippen molar-refractivity contribution in [1.29, 1.82) is 0 Å². The third-order valence-corrected chi connectivity index (χ3v) is 4.12. The van der Waals surface area contributed by atoms with E-state index in [9.17, 15) is 9.59 Å². The first-order chi connectivity index (χ1) is 14.1. The van der Waals surface area contributed by atoms with Gasteiger partial charge in [-0.25, -0.2) is 0 Å². The van der Waals surface area contributed by atoms with Crippen molar-refractivity contribution in [1.82, 2.24) is 15.5 Å². The van der Waals surface area contributed by atoms with Gasteiger partial charge in [-0.1, -0.05) is 36.4 Å².